The van der Waals surface area contributed by atoms with Crippen molar-refractivity contribution in [3.05, 3.63) is 63.9 Å². The first-order valence-corrected chi connectivity index (χ1v) is 9.45. The molecule has 1 atom stereocenters. The summed E-state index contributed by atoms with van der Waals surface area (Å²) in [5, 5.41) is 8.84. The summed E-state index contributed by atoms with van der Waals surface area (Å²) in [6.07, 6.45) is 1.77. The Morgan fingerprint density at radius 1 is 1.17 bits per heavy atom. The third kappa shape index (κ3) is 2.45. The maximum Gasteiger partial charge on any atom is 0.264 e. The summed E-state index contributed by atoms with van der Waals surface area (Å²) < 4.78 is 3.50. The SMILES string of the molecule is Cc1cc(N2C(=O)c3c(N)cn(C)c3C2c2ccc(Cl)cc2)nc2c1nnn2C. The highest BCUT2D eigenvalue weighted by Crippen LogP contribution is 2.44. The topological polar surface area (TPSA) is 94.9 Å². The molecule has 1 amide bonds. The molecule has 0 saturated heterocycles. The van der Waals surface area contributed by atoms with E-state index in [4.69, 9.17) is 22.3 Å². The van der Waals surface area contributed by atoms with Crippen LogP contribution in [-0.2, 0) is 14.1 Å². The lowest BCUT2D eigenvalue weighted by Crippen LogP contribution is -2.30. The van der Waals surface area contributed by atoms with E-state index in [1.165, 1.54) is 0 Å². The Morgan fingerprint density at radius 2 is 1.90 bits per heavy atom. The van der Waals surface area contributed by atoms with E-state index in [9.17, 15) is 4.79 Å². The highest BCUT2D eigenvalue weighted by molar-refractivity contribution is 6.30. The number of nitrogen functional groups attached to an aromatic ring is 1. The molecule has 0 saturated carbocycles. The Kier molecular flexibility index (Phi) is 3.69. The number of nitrogens with two attached hydrogens (primary N) is 1. The molecule has 8 nitrogen and oxygen atoms in total. The van der Waals surface area contributed by atoms with Gasteiger partial charge in [0.15, 0.2) is 5.65 Å². The van der Waals surface area contributed by atoms with Crippen LogP contribution in [0, 0.1) is 6.92 Å². The Bertz CT molecular complexity index is 1290. The van der Waals surface area contributed by atoms with Gasteiger partial charge in [-0.1, -0.05) is 28.9 Å². The van der Waals surface area contributed by atoms with Crippen molar-refractivity contribution < 1.29 is 4.79 Å². The number of hydrogen-bond acceptors (Lipinski definition) is 5. The van der Waals surface area contributed by atoms with E-state index in [2.05, 4.69) is 10.3 Å². The molecular formula is C20H18ClN7O. The van der Waals surface area contributed by atoms with Crippen LogP contribution in [0.25, 0.3) is 11.2 Å². The summed E-state index contributed by atoms with van der Waals surface area (Å²) in [6.45, 7) is 1.93. The minimum atomic E-state index is -0.373. The summed E-state index contributed by atoms with van der Waals surface area (Å²) in [6, 6.07) is 8.96. The van der Waals surface area contributed by atoms with Crippen LogP contribution in [-0.4, -0.2) is 30.5 Å². The zero-order valence-corrected chi connectivity index (χ0v) is 16.8. The third-order valence-electron chi connectivity index (χ3n) is 5.38. The number of nitrogens with zero attached hydrogens (tertiary/aromatic N) is 6. The minimum absolute atomic E-state index is 0.181. The summed E-state index contributed by atoms with van der Waals surface area (Å²) in [5.74, 6) is 0.348. The molecule has 4 aromatic rings. The molecule has 29 heavy (non-hydrogen) atoms. The van der Waals surface area contributed by atoms with E-state index < -0.39 is 0 Å². The lowest BCUT2D eigenvalue weighted by atomic mass is 10.0. The zero-order chi connectivity index (χ0) is 20.4. The Balaban J connectivity index is 1.76. The van der Waals surface area contributed by atoms with Crippen molar-refractivity contribution in [3.63, 3.8) is 0 Å². The van der Waals surface area contributed by atoms with E-state index in [0.717, 1.165) is 16.8 Å². The van der Waals surface area contributed by atoms with Crippen LogP contribution in [0.5, 0.6) is 0 Å². The van der Waals surface area contributed by atoms with E-state index in [0.29, 0.717) is 33.3 Å². The molecule has 3 aromatic heterocycles. The molecule has 0 radical (unpaired) electrons. The predicted octanol–water partition coefficient (Wildman–Crippen LogP) is 3.00. The molecule has 1 unspecified atom stereocenters. The Hall–Kier alpha value is -3.39. The number of aryl methyl sites for hydroxylation is 3. The second-order valence-corrected chi connectivity index (χ2v) is 7.70. The molecule has 1 aromatic carbocycles. The van der Waals surface area contributed by atoms with Crippen molar-refractivity contribution in [3.8, 4) is 0 Å². The Labute approximate surface area is 171 Å². The number of carbonyl (C=O) groups excluding carboxylic acids is 1. The first-order valence-electron chi connectivity index (χ1n) is 9.07. The standard InChI is InChI=1S/C20H18ClN7O/c1-10-8-14(23-19-16(10)24-25-27(19)3)28-17(11-4-6-12(21)7-5-11)18-15(20(28)29)13(22)9-26(18)2/h4-9,17H,22H2,1-3H3. The van der Waals surface area contributed by atoms with Gasteiger partial charge in [-0.15, -0.1) is 5.10 Å². The molecule has 0 fully saturated rings. The number of halogens is 1. The summed E-state index contributed by atoms with van der Waals surface area (Å²) in [4.78, 5) is 19.9. The summed E-state index contributed by atoms with van der Waals surface area (Å²) in [7, 11) is 3.67. The number of hydrogen-bond donors (Lipinski definition) is 1. The van der Waals surface area contributed by atoms with Gasteiger partial charge in [0.2, 0.25) is 0 Å². The average Bonchev–Trinajstić information content (AvgIpc) is 3.30. The smallest absolute Gasteiger partial charge is 0.264 e. The number of benzene rings is 1. The van der Waals surface area contributed by atoms with E-state index in [1.807, 2.05) is 48.9 Å². The lowest BCUT2D eigenvalue weighted by Gasteiger charge is -2.26. The molecule has 2 N–H and O–H groups in total. The van der Waals surface area contributed by atoms with E-state index in [-0.39, 0.29) is 11.9 Å². The van der Waals surface area contributed by atoms with Crippen LogP contribution in [0.1, 0.15) is 33.2 Å². The van der Waals surface area contributed by atoms with Gasteiger partial charge < -0.3 is 10.3 Å². The van der Waals surface area contributed by atoms with Crippen LogP contribution >= 0.6 is 11.6 Å². The van der Waals surface area contributed by atoms with Crippen LogP contribution in [0.15, 0.2) is 36.5 Å². The second kappa shape index (κ2) is 6.05. The quantitative estimate of drug-likeness (QED) is 0.551. The van der Waals surface area contributed by atoms with Crippen molar-refractivity contribution in [1.82, 2.24) is 24.5 Å². The molecule has 5 rings (SSSR count). The molecule has 0 spiro atoms. The molecule has 146 valence electrons. The average molecular weight is 408 g/mol. The molecule has 9 heteroatoms. The van der Waals surface area contributed by atoms with Crippen molar-refractivity contribution in [1.29, 1.82) is 0 Å². The number of fused-ring (bicyclic) bond motifs is 2. The Morgan fingerprint density at radius 3 is 2.62 bits per heavy atom. The maximum absolute atomic E-state index is 13.5. The van der Waals surface area contributed by atoms with Crippen LogP contribution < -0.4 is 10.6 Å². The lowest BCUT2D eigenvalue weighted by molar-refractivity contribution is 0.0993. The maximum atomic E-state index is 13.5. The van der Waals surface area contributed by atoms with Crippen molar-refractivity contribution in [2.75, 3.05) is 10.6 Å². The van der Waals surface area contributed by atoms with Crippen molar-refractivity contribution in [2.45, 2.75) is 13.0 Å². The normalized spacial score (nSPS) is 16.1. The van der Waals surface area contributed by atoms with Gasteiger partial charge in [0.25, 0.3) is 5.91 Å². The van der Waals surface area contributed by atoms with Gasteiger partial charge in [0, 0.05) is 25.3 Å². The number of carbonyl (C=O) groups is 1. The molecule has 0 bridgehead atoms. The molecule has 1 aliphatic heterocycles. The number of rotatable bonds is 2. The monoisotopic (exact) mass is 407 g/mol. The van der Waals surface area contributed by atoms with Crippen molar-refractivity contribution >= 4 is 40.2 Å². The number of amides is 1. The van der Waals surface area contributed by atoms with Crippen molar-refractivity contribution in [2.24, 2.45) is 14.1 Å². The number of pyridine rings is 1. The summed E-state index contributed by atoms with van der Waals surface area (Å²) >= 11 is 6.09. The fraction of sp³-hybridized carbons (Fsp3) is 0.200. The first-order chi connectivity index (χ1) is 13.9. The van der Waals surface area contributed by atoms with Crippen LogP contribution in [0.2, 0.25) is 5.02 Å². The number of aromatic nitrogens is 5. The molecular weight excluding hydrogens is 390 g/mol. The van der Waals surface area contributed by atoms with Crippen LogP contribution in [0.4, 0.5) is 11.5 Å². The zero-order valence-electron chi connectivity index (χ0n) is 16.1. The van der Waals surface area contributed by atoms with Crippen LogP contribution in [0.3, 0.4) is 0 Å². The van der Waals surface area contributed by atoms with E-state index in [1.54, 1.807) is 22.8 Å². The van der Waals surface area contributed by atoms with Gasteiger partial charge >= 0.3 is 0 Å². The predicted molar refractivity (Wildman–Crippen MR) is 111 cm³/mol. The minimum Gasteiger partial charge on any atom is -0.397 e. The highest BCUT2D eigenvalue weighted by atomic mass is 35.5. The second-order valence-electron chi connectivity index (χ2n) is 7.27. The number of anilines is 2. The van der Waals surface area contributed by atoms with Gasteiger partial charge in [-0.2, -0.15) is 0 Å². The largest absolute Gasteiger partial charge is 0.397 e. The van der Waals surface area contributed by atoms with Gasteiger partial charge in [-0.05, 0) is 36.2 Å². The fourth-order valence-electron chi connectivity index (χ4n) is 4.04. The molecule has 1 aliphatic rings. The van der Waals surface area contributed by atoms with Gasteiger partial charge in [-0.25, -0.2) is 9.67 Å². The van der Waals surface area contributed by atoms with Gasteiger partial charge in [0.1, 0.15) is 17.4 Å². The summed E-state index contributed by atoms with van der Waals surface area (Å²) in [5.41, 5.74) is 11.1. The third-order valence-corrected chi connectivity index (χ3v) is 5.63. The van der Waals surface area contributed by atoms with Gasteiger partial charge in [-0.3, -0.25) is 9.69 Å². The highest BCUT2D eigenvalue weighted by Gasteiger charge is 2.43. The fourth-order valence-corrected chi connectivity index (χ4v) is 4.16. The van der Waals surface area contributed by atoms with E-state index >= 15 is 0 Å². The molecule has 0 aliphatic carbocycles. The first kappa shape index (κ1) is 17.7. The molecule has 4 heterocycles. The van der Waals surface area contributed by atoms with Gasteiger partial charge in [0.05, 0.1) is 16.9 Å².